The Labute approximate surface area is 277 Å². The first-order valence-electron chi connectivity index (χ1n) is 15.8. The minimum absolute atomic E-state index is 0.00204. The number of ether oxygens (including phenoxy) is 3. The molecule has 0 unspecified atom stereocenters. The van der Waals surface area contributed by atoms with Gasteiger partial charge in [-0.3, -0.25) is 19.8 Å². The summed E-state index contributed by atoms with van der Waals surface area (Å²) in [6.45, 7) is 9.67. The van der Waals surface area contributed by atoms with Crippen molar-refractivity contribution in [2.24, 2.45) is 0 Å². The highest BCUT2D eigenvalue weighted by molar-refractivity contribution is 6.08. The van der Waals surface area contributed by atoms with Gasteiger partial charge in [-0.2, -0.15) is 13.2 Å². The molecule has 48 heavy (non-hydrogen) atoms. The number of carbonyl (C=O) groups is 4. The number of alkyl halides is 3. The first-order valence-corrected chi connectivity index (χ1v) is 15.8. The quantitative estimate of drug-likeness (QED) is 0.135. The lowest BCUT2D eigenvalue weighted by Crippen LogP contribution is -2.31. The summed E-state index contributed by atoms with van der Waals surface area (Å²) >= 11 is 0. The van der Waals surface area contributed by atoms with E-state index in [0.29, 0.717) is 40.5 Å². The summed E-state index contributed by atoms with van der Waals surface area (Å²) in [5.41, 5.74) is 2.97. The maximum Gasteiger partial charge on any atom is 0.491 e. The molecule has 2 heterocycles. The number of halogens is 3. The maximum absolute atomic E-state index is 13.9. The third-order valence-corrected chi connectivity index (χ3v) is 8.10. The van der Waals surface area contributed by atoms with Gasteiger partial charge in [0.2, 0.25) is 0 Å². The summed E-state index contributed by atoms with van der Waals surface area (Å²) in [7, 11) is 1.52. The number of rotatable bonds is 12. The third-order valence-electron chi connectivity index (χ3n) is 8.10. The van der Waals surface area contributed by atoms with Crippen molar-refractivity contribution in [2.45, 2.75) is 71.5 Å². The van der Waals surface area contributed by atoms with Crippen molar-refractivity contribution < 1.29 is 46.6 Å². The van der Waals surface area contributed by atoms with Crippen molar-refractivity contribution in [3.05, 3.63) is 52.1 Å². The number of hydrogen-bond donors (Lipinski definition) is 2. The second-order valence-corrected chi connectivity index (χ2v) is 12.7. The van der Waals surface area contributed by atoms with Crippen LogP contribution in [0.15, 0.2) is 24.3 Å². The fourth-order valence-corrected chi connectivity index (χ4v) is 5.69. The molecule has 2 aliphatic rings. The molecule has 2 aromatic carbocycles. The number of amidine groups is 1. The average Bonchev–Trinajstić information content (AvgIpc) is 3.65. The smallest absolute Gasteiger partial charge is 0.491 e. The molecule has 2 N–H and O–H groups in total. The largest absolute Gasteiger partial charge is 0.493 e. The maximum atomic E-state index is 13.9. The van der Waals surface area contributed by atoms with Gasteiger partial charge in [-0.25, -0.2) is 4.79 Å². The van der Waals surface area contributed by atoms with Gasteiger partial charge in [0.1, 0.15) is 17.3 Å². The molecule has 4 rings (SSSR count). The van der Waals surface area contributed by atoms with Crippen LogP contribution in [-0.4, -0.2) is 80.4 Å². The first-order chi connectivity index (χ1) is 22.5. The van der Waals surface area contributed by atoms with Gasteiger partial charge in [0, 0.05) is 49.8 Å². The Bertz CT molecular complexity index is 1590. The van der Waals surface area contributed by atoms with Crippen LogP contribution in [0, 0.1) is 5.41 Å². The van der Waals surface area contributed by atoms with Gasteiger partial charge in [0.05, 0.1) is 31.0 Å². The molecule has 0 aromatic heterocycles. The van der Waals surface area contributed by atoms with Crippen molar-refractivity contribution in [3.8, 4) is 11.5 Å². The summed E-state index contributed by atoms with van der Waals surface area (Å²) in [5.74, 6) is -3.39. The second kappa shape index (κ2) is 14.7. The number of nitrogens with zero attached hydrogens (tertiary/aromatic N) is 2. The molecule has 0 saturated carbocycles. The lowest BCUT2D eigenvalue weighted by Gasteiger charge is -2.30. The molecule has 1 saturated heterocycles. The van der Waals surface area contributed by atoms with Crippen LogP contribution in [-0.2, 0) is 26.3 Å². The zero-order valence-corrected chi connectivity index (χ0v) is 27.8. The van der Waals surface area contributed by atoms with Gasteiger partial charge in [0.25, 0.3) is 5.91 Å². The molecule has 0 atom stereocenters. The zero-order chi connectivity index (χ0) is 35.4. The van der Waals surface area contributed by atoms with E-state index in [-0.39, 0.29) is 43.6 Å². The lowest BCUT2D eigenvalue weighted by molar-refractivity contribution is -0.201. The van der Waals surface area contributed by atoms with E-state index in [4.69, 9.17) is 14.9 Å². The number of esters is 2. The second-order valence-electron chi connectivity index (χ2n) is 12.7. The number of carbonyl (C=O) groups excluding carboxylic acids is 4. The first kappa shape index (κ1) is 36.2. The van der Waals surface area contributed by atoms with E-state index in [9.17, 15) is 32.3 Å². The standard InChI is InChI=1S/C34H41F3N4O7/c1-6-46-27-16-21-18-41(30(38)22(21)17-23(27)31(44)39-5)19-26(42)20-14-24(33(2,3)4)29(25(15-20)40-11-7-8-12-40)47-13-9-10-28(43)48-32(45)34(35,36)37/h14-17,38H,6-13,18-19H2,1-5H3,(H,39,44). The van der Waals surface area contributed by atoms with Crippen molar-refractivity contribution in [3.63, 3.8) is 0 Å². The van der Waals surface area contributed by atoms with E-state index in [1.165, 1.54) is 7.05 Å². The topological polar surface area (TPSA) is 138 Å². The van der Waals surface area contributed by atoms with Crippen LogP contribution in [0.25, 0.3) is 0 Å². The normalized spacial score (nSPS) is 14.5. The Morgan fingerprint density at radius 2 is 1.69 bits per heavy atom. The van der Waals surface area contributed by atoms with Gasteiger partial charge in [0.15, 0.2) is 5.78 Å². The molecular formula is C34H41F3N4O7. The molecule has 2 aliphatic heterocycles. The van der Waals surface area contributed by atoms with E-state index >= 15 is 0 Å². The van der Waals surface area contributed by atoms with Gasteiger partial charge < -0.3 is 29.3 Å². The molecule has 0 spiro atoms. The van der Waals surface area contributed by atoms with Crippen molar-refractivity contribution in [2.75, 3.05) is 44.8 Å². The number of nitrogens with one attached hydrogen (secondary N) is 2. The third kappa shape index (κ3) is 8.26. The molecule has 0 radical (unpaired) electrons. The Morgan fingerprint density at radius 1 is 1.00 bits per heavy atom. The summed E-state index contributed by atoms with van der Waals surface area (Å²) in [6.07, 6.45) is -3.85. The van der Waals surface area contributed by atoms with Gasteiger partial charge >= 0.3 is 18.1 Å². The fraction of sp³-hybridized carbons (Fsp3) is 0.500. The van der Waals surface area contributed by atoms with Gasteiger partial charge in [-0.15, -0.1) is 0 Å². The number of hydrogen-bond acceptors (Lipinski definition) is 9. The van der Waals surface area contributed by atoms with E-state index in [1.807, 2.05) is 27.7 Å². The van der Waals surface area contributed by atoms with Crippen LogP contribution in [0.4, 0.5) is 18.9 Å². The van der Waals surface area contributed by atoms with Crippen molar-refractivity contribution in [1.29, 1.82) is 5.41 Å². The number of ketones is 1. The summed E-state index contributed by atoms with van der Waals surface area (Å²) in [4.78, 5) is 52.9. The molecule has 1 fully saturated rings. The van der Waals surface area contributed by atoms with Crippen LogP contribution >= 0.6 is 0 Å². The molecule has 1 amide bonds. The van der Waals surface area contributed by atoms with E-state index < -0.39 is 30.0 Å². The molecular weight excluding hydrogens is 633 g/mol. The molecule has 14 heteroatoms. The summed E-state index contributed by atoms with van der Waals surface area (Å²) in [6, 6.07) is 6.89. The van der Waals surface area contributed by atoms with Crippen LogP contribution in [0.1, 0.15) is 90.8 Å². The van der Waals surface area contributed by atoms with Crippen LogP contribution < -0.4 is 19.7 Å². The van der Waals surface area contributed by atoms with Crippen molar-refractivity contribution in [1.82, 2.24) is 10.2 Å². The molecule has 0 aliphatic carbocycles. The molecule has 0 bridgehead atoms. The molecule has 2 aromatic rings. The van der Waals surface area contributed by atoms with Crippen molar-refractivity contribution >= 4 is 35.2 Å². The number of amides is 1. The minimum atomic E-state index is -5.26. The van der Waals surface area contributed by atoms with Gasteiger partial charge in [-0.05, 0) is 61.4 Å². The van der Waals surface area contributed by atoms with Crippen LogP contribution in [0.5, 0.6) is 11.5 Å². The monoisotopic (exact) mass is 674 g/mol. The fourth-order valence-electron chi connectivity index (χ4n) is 5.69. The van der Waals surface area contributed by atoms with E-state index in [1.54, 1.807) is 29.2 Å². The van der Waals surface area contributed by atoms with Gasteiger partial charge in [-0.1, -0.05) is 20.8 Å². The highest BCUT2D eigenvalue weighted by atomic mass is 19.4. The predicted molar refractivity (Wildman–Crippen MR) is 171 cm³/mol. The molecule has 260 valence electrons. The molecule has 11 nitrogen and oxygen atoms in total. The number of benzene rings is 2. The average molecular weight is 675 g/mol. The van der Waals surface area contributed by atoms with E-state index in [2.05, 4.69) is 15.0 Å². The predicted octanol–water partition coefficient (Wildman–Crippen LogP) is 5.16. The number of Topliss-reactive ketones (excluding diaryl/α,β-unsaturated/α-hetero) is 1. The Kier molecular flexibility index (Phi) is 11.1. The lowest BCUT2D eigenvalue weighted by atomic mass is 9.84. The van der Waals surface area contributed by atoms with E-state index in [0.717, 1.165) is 37.1 Å². The summed E-state index contributed by atoms with van der Waals surface area (Å²) in [5, 5.41) is 11.4. The van der Waals surface area contributed by atoms with Crippen LogP contribution in [0.2, 0.25) is 0 Å². The minimum Gasteiger partial charge on any atom is -0.493 e. The summed E-state index contributed by atoms with van der Waals surface area (Å²) < 4.78 is 53.0. The highest BCUT2D eigenvalue weighted by Crippen LogP contribution is 2.42. The SMILES string of the molecule is CCOc1cc2c(cc1C(=O)NC)C(=N)N(CC(=O)c1cc(N3CCCC3)c(OCCCC(=O)OC(=O)C(F)(F)F)c(C(C)(C)C)c1)C2. The Balaban J connectivity index is 1.57. The zero-order valence-electron chi connectivity index (χ0n) is 27.8. The van der Waals surface area contributed by atoms with Crippen LogP contribution in [0.3, 0.4) is 0 Å². The Morgan fingerprint density at radius 3 is 2.29 bits per heavy atom. The number of anilines is 1. The Hall–Kier alpha value is -4.62. The number of fused-ring (bicyclic) bond motifs is 1. The highest BCUT2D eigenvalue weighted by Gasteiger charge is 2.42.